The van der Waals surface area contributed by atoms with Gasteiger partial charge in [0.2, 0.25) is 0 Å². The highest BCUT2D eigenvalue weighted by Crippen LogP contribution is 2.26. The molecule has 4 heteroatoms. The molecule has 2 aromatic carbocycles. The minimum absolute atomic E-state index is 0.327. The van der Waals surface area contributed by atoms with Gasteiger partial charge in [-0.15, -0.1) is 0 Å². The molecule has 1 aliphatic rings. The minimum atomic E-state index is -3.36. The van der Waals surface area contributed by atoms with E-state index in [9.17, 15) is 8.42 Å². The van der Waals surface area contributed by atoms with Crippen LogP contribution in [0, 0.1) is 0 Å². The van der Waals surface area contributed by atoms with Crippen LogP contribution >= 0.6 is 0 Å². The summed E-state index contributed by atoms with van der Waals surface area (Å²) in [5, 5.41) is 1.46. The van der Waals surface area contributed by atoms with E-state index in [0.29, 0.717) is 17.3 Å². The van der Waals surface area contributed by atoms with Crippen LogP contribution in [0.1, 0.15) is 37.7 Å². The van der Waals surface area contributed by atoms with Crippen molar-refractivity contribution < 1.29 is 13.2 Å². The van der Waals surface area contributed by atoms with Gasteiger partial charge in [-0.25, -0.2) is 8.42 Å². The molecule has 126 valence electrons. The van der Waals surface area contributed by atoms with E-state index in [1.165, 1.54) is 11.8 Å². The van der Waals surface area contributed by atoms with Crippen LogP contribution in [0.3, 0.4) is 0 Å². The second-order valence-electron chi connectivity index (χ2n) is 6.13. The molecule has 0 unspecified atom stereocenters. The Hall–Kier alpha value is -2.07. The Morgan fingerprint density at radius 1 is 0.875 bits per heavy atom. The van der Waals surface area contributed by atoms with Crippen LogP contribution in [0.15, 0.2) is 70.5 Å². The summed E-state index contributed by atoms with van der Waals surface area (Å²) in [7, 11) is -3.36. The van der Waals surface area contributed by atoms with Gasteiger partial charge in [0.05, 0.1) is 4.90 Å². The number of sulfone groups is 1. The maximum atomic E-state index is 12.5. The monoisotopic (exact) mass is 342 g/mol. The predicted octanol–water partition coefficient (Wildman–Crippen LogP) is 4.89. The van der Waals surface area contributed by atoms with E-state index < -0.39 is 9.84 Å². The molecule has 3 rings (SSSR count). The highest BCUT2D eigenvalue weighted by molar-refractivity contribution is 7.94. The molecule has 3 nitrogen and oxygen atoms in total. The summed E-state index contributed by atoms with van der Waals surface area (Å²) in [6, 6.07) is 16.6. The maximum absolute atomic E-state index is 12.5. The average molecular weight is 342 g/mol. The van der Waals surface area contributed by atoms with Gasteiger partial charge in [0.25, 0.3) is 0 Å². The van der Waals surface area contributed by atoms with E-state index >= 15 is 0 Å². The fourth-order valence-electron chi connectivity index (χ4n) is 2.88. The van der Waals surface area contributed by atoms with E-state index in [1.807, 2.05) is 30.3 Å². The zero-order chi connectivity index (χ0) is 16.8. The molecule has 1 saturated carbocycles. The molecule has 0 aromatic heterocycles. The Bertz CT molecular complexity index is 783. The zero-order valence-electron chi connectivity index (χ0n) is 13.6. The van der Waals surface area contributed by atoms with Crippen LogP contribution in [0.5, 0.6) is 5.75 Å². The molecule has 0 bridgehead atoms. The van der Waals surface area contributed by atoms with Crippen molar-refractivity contribution in [3.05, 3.63) is 71.1 Å². The van der Waals surface area contributed by atoms with E-state index in [0.717, 1.165) is 36.8 Å². The average Bonchev–Trinajstić information content (AvgIpc) is 2.62. The van der Waals surface area contributed by atoms with Crippen LogP contribution in [-0.2, 0) is 16.4 Å². The van der Waals surface area contributed by atoms with Gasteiger partial charge >= 0.3 is 0 Å². The first-order valence-corrected chi connectivity index (χ1v) is 9.89. The second kappa shape index (κ2) is 7.67. The molecular formula is C20H22O3S. The summed E-state index contributed by atoms with van der Waals surface area (Å²) < 4.78 is 30.6. The van der Waals surface area contributed by atoms with Crippen molar-refractivity contribution in [1.82, 2.24) is 0 Å². The van der Waals surface area contributed by atoms with E-state index in [1.54, 1.807) is 24.3 Å². The van der Waals surface area contributed by atoms with Gasteiger partial charge in [-0.2, -0.15) is 0 Å². The number of hydrogen-bond donors (Lipinski definition) is 0. The summed E-state index contributed by atoms with van der Waals surface area (Å²) in [4.78, 5) is 0.327. The number of benzene rings is 2. The highest BCUT2D eigenvalue weighted by Gasteiger charge is 2.14. The maximum Gasteiger partial charge on any atom is 0.199 e. The van der Waals surface area contributed by atoms with E-state index in [-0.39, 0.29) is 0 Å². The number of ether oxygens (including phenoxy) is 1. The summed E-state index contributed by atoms with van der Waals surface area (Å²) in [6.07, 6.45) is 5.18. The van der Waals surface area contributed by atoms with Crippen molar-refractivity contribution in [1.29, 1.82) is 0 Å². The van der Waals surface area contributed by atoms with Crippen LogP contribution in [0.2, 0.25) is 0 Å². The van der Waals surface area contributed by atoms with Crippen molar-refractivity contribution in [3.63, 3.8) is 0 Å². The molecule has 0 spiro atoms. The lowest BCUT2D eigenvalue weighted by atomic mass is 9.96. The fraction of sp³-hybridized carbons (Fsp3) is 0.300. The molecule has 24 heavy (non-hydrogen) atoms. The summed E-state index contributed by atoms with van der Waals surface area (Å²) in [5.41, 5.74) is 2.13. The first-order valence-electron chi connectivity index (χ1n) is 8.35. The normalized spacial score (nSPS) is 15.1. The van der Waals surface area contributed by atoms with Gasteiger partial charge in [-0.1, -0.05) is 42.3 Å². The van der Waals surface area contributed by atoms with Gasteiger partial charge in [-0.05, 0) is 55.5 Å². The smallest absolute Gasteiger partial charge is 0.199 e. The van der Waals surface area contributed by atoms with Gasteiger partial charge in [-0.3, -0.25) is 0 Å². The van der Waals surface area contributed by atoms with Gasteiger partial charge < -0.3 is 4.74 Å². The molecule has 2 aromatic rings. The molecule has 0 atom stereocenters. The van der Waals surface area contributed by atoms with Crippen molar-refractivity contribution in [3.8, 4) is 5.75 Å². The van der Waals surface area contributed by atoms with Crippen molar-refractivity contribution in [2.24, 2.45) is 0 Å². The largest absolute Gasteiger partial charge is 0.489 e. The van der Waals surface area contributed by atoms with Crippen LogP contribution in [-0.4, -0.2) is 8.42 Å². The van der Waals surface area contributed by atoms with Crippen molar-refractivity contribution >= 4 is 9.84 Å². The third-order valence-corrected chi connectivity index (χ3v) is 5.79. The first-order chi connectivity index (χ1) is 11.6. The molecular weight excluding hydrogens is 320 g/mol. The molecule has 0 saturated heterocycles. The standard InChI is InChI=1S/C20H22O3S/c21-24(22,16-18-9-5-2-6-10-18)20-13-11-19(12-14-20)23-15-17-7-3-1-4-8-17/h1,3-4,7-8,11-14,16H,2,5-6,9-10,15H2. The highest BCUT2D eigenvalue weighted by atomic mass is 32.2. The Morgan fingerprint density at radius 3 is 2.21 bits per heavy atom. The SMILES string of the molecule is O=S(=O)(C=C1CCCCC1)c1ccc(OCc2ccccc2)cc1. The van der Waals surface area contributed by atoms with Crippen LogP contribution in [0.25, 0.3) is 0 Å². The first kappa shape index (κ1) is 16.8. The van der Waals surface area contributed by atoms with Gasteiger partial charge in [0.1, 0.15) is 12.4 Å². The van der Waals surface area contributed by atoms with E-state index in [2.05, 4.69) is 0 Å². The number of hydrogen-bond acceptors (Lipinski definition) is 3. The Labute approximate surface area is 143 Å². The van der Waals surface area contributed by atoms with Crippen molar-refractivity contribution in [2.45, 2.75) is 43.6 Å². The Morgan fingerprint density at radius 2 is 1.54 bits per heavy atom. The van der Waals surface area contributed by atoms with Gasteiger partial charge in [0, 0.05) is 5.41 Å². The minimum Gasteiger partial charge on any atom is -0.489 e. The molecule has 1 fully saturated rings. The topological polar surface area (TPSA) is 43.4 Å². The lowest BCUT2D eigenvalue weighted by Crippen LogP contribution is -2.02. The zero-order valence-corrected chi connectivity index (χ0v) is 14.5. The quantitative estimate of drug-likeness (QED) is 0.777. The second-order valence-corrected chi connectivity index (χ2v) is 7.92. The molecule has 0 radical (unpaired) electrons. The van der Waals surface area contributed by atoms with Gasteiger partial charge in [0.15, 0.2) is 9.84 Å². The summed E-state index contributed by atoms with van der Waals surface area (Å²) >= 11 is 0. The molecule has 0 heterocycles. The summed E-state index contributed by atoms with van der Waals surface area (Å²) in [5.74, 6) is 0.670. The Kier molecular flexibility index (Phi) is 5.36. The summed E-state index contributed by atoms with van der Waals surface area (Å²) in [6.45, 7) is 0.469. The third kappa shape index (κ3) is 4.48. The molecule has 0 amide bonds. The van der Waals surface area contributed by atoms with Crippen molar-refractivity contribution in [2.75, 3.05) is 0 Å². The fourth-order valence-corrected chi connectivity index (χ4v) is 4.20. The van der Waals surface area contributed by atoms with E-state index in [4.69, 9.17) is 4.74 Å². The lowest BCUT2D eigenvalue weighted by molar-refractivity contribution is 0.306. The predicted molar refractivity (Wildman–Crippen MR) is 95.6 cm³/mol. The molecule has 0 aliphatic heterocycles. The van der Waals surface area contributed by atoms with Crippen LogP contribution in [0.4, 0.5) is 0 Å². The number of allylic oxidation sites excluding steroid dienone is 1. The Balaban J connectivity index is 1.67. The van der Waals surface area contributed by atoms with Crippen LogP contribution < -0.4 is 4.74 Å². The molecule has 0 N–H and O–H groups in total. The third-order valence-electron chi connectivity index (χ3n) is 4.22. The number of rotatable bonds is 5. The lowest BCUT2D eigenvalue weighted by Gasteiger charge is -2.13. The molecule has 1 aliphatic carbocycles.